The smallest absolute Gasteiger partial charge is 0.0367 e. The first-order valence-electron chi connectivity index (χ1n) is 8.93. The summed E-state index contributed by atoms with van der Waals surface area (Å²) < 4.78 is 0. The molecule has 0 aliphatic heterocycles. The minimum absolute atomic E-state index is 0.00502. The molecule has 1 N–H and O–H groups in total. The molecule has 0 spiro atoms. The lowest BCUT2D eigenvalue weighted by Gasteiger charge is -2.32. The maximum atomic E-state index is 7.89. The van der Waals surface area contributed by atoms with E-state index in [4.69, 9.17) is 5.41 Å². The van der Waals surface area contributed by atoms with Gasteiger partial charge in [0, 0.05) is 31.9 Å². The van der Waals surface area contributed by atoms with E-state index in [1.165, 1.54) is 28.5 Å². The molecule has 2 aromatic rings. The van der Waals surface area contributed by atoms with Crippen LogP contribution in [-0.4, -0.2) is 20.3 Å². The number of benzene rings is 2. The maximum Gasteiger partial charge on any atom is 0.0367 e. The predicted molar refractivity (Wildman–Crippen MR) is 109 cm³/mol. The van der Waals surface area contributed by atoms with E-state index in [0.717, 1.165) is 17.7 Å². The number of fused-ring (bicyclic) bond motifs is 1. The molecule has 0 saturated heterocycles. The second kappa shape index (κ2) is 6.51. The Morgan fingerprint density at radius 1 is 1.12 bits per heavy atom. The van der Waals surface area contributed by atoms with Gasteiger partial charge in [-0.05, 0) is 53.1 Å². The highest BCUT2D eigenvalue weighted by atomic mass is 15.1. The van der Waals surface area contributed by atoms with Gasteiger partial charge in [-0.3, -0.25) is 0 Å². The summed E-state index contributed by atoms with van der Waals surface area (Å²) in [4.78, 5) is 2.09. The van der Waals surface area contributed by atoms with Gasteiger partial charge < -0.3 is 10.3 Å². The van der Waals surface area contributed by atoms with Crippen LogP contribution in [-0.2, 0) is 5.41 Å². The van der Waals surface area contributed by atoms with Gasteiger partial charge in [-0.1, -0.05) is 55.8 Å². The molecule has 0 radical (unpaired) electrons. The molecule has 0 bridgehead atoms. The third kappa shape index (κ3) is 3.26. The molecule has 0 amide bonds. The van der Waals surface area contributed by atoms with Crippen LogP contribution in [0.1, 0.15) is 55.4 Å². The Balaban J connectivity index is 1.95. The van der Waals surface area contributed by atoms with E-state index in [1.807, 2.05) is 14.1 Å². The molecule has 1 aliphatic carbocycles. The Labute approximate surface area is 151 Å². The van der Waals surface area contributed by atoms with Crippen LogP contribution in [0.3, 0.4) is 0 Å². The van der Waals surface area contributed by atoms with Crippen LogP contribution in [0.15, 0.2) is 48.0 Å². The van der Waals surface area contributed by atoms with Crippen molar-refractivity contribution in [2.24, 2.45) is 0 Å². The van der Waals surface area contributed by atoms with E-state index in [0.29, 0.717) is 5.92 Å². The normalized spacial score (nSPS) is 16.4. The Morgan fingerprint density at radius 3 is 2.52 bits per heavy atom. The van der Waals surface area contributed by atoms with Gasteiger partial charge in [0.25, 0.3) is 0 Å². The number of allylic oxidation sites excluding steroid dienone is 1. The first kappa shape index (κ1) is 17.5. The summed E-state index contributed by atoms with van der Waals surface area (Å²) in [6.45, 7) is 6.85. The van der Waals surface area contributed by atoms with Gasteiger partial charge in [-0.25, -0.2) is 0 Å². The zero-order chi connectivity index (χ0) is 18.2. The number of hydrogen-bond acceptors (Lipinski definition) is 2. The zero-order valence-electron chi connectivity index (χ0n) is 15.9. The molecule has 1 unspecified atom stereocenters. The molecule has 0 aromatic heterocycles. The second-order valence-electron chi connectivity index (χ2n) is 7.97. The fourth-order valence-electron chi connectivity index (χ4n) is 4.01. The third-order valence-corrected chi connectivity index (χ3v) is 5.45. The maximum absolute atomic E-state index is 7.89. The molecule has 0 fully saturated rings. The number of nitrogens with zero attached hydrogens (tertiary/aromatic N) is 1. The van der Waals surface area contributed by atoms with Gasteiger partial charge in [0.15, 0.2) is 0 Å². The molecular weight excluding hydrogens is 304 g/mol. The summed E-state index contributed by atoms with van der Waals surface area (Å²) in [5, 5.41) is 7.89. The molecule has 25 heavy (non-hydrogen) atoms. The highest BCUT2D eigenvalue weighted by Gasteiger charge is 2.31. The van der Waals surface area contributed by atoms with Crippen molar-refractivity contribution in [2.45, 2.75) is 38.5 Å². The topological polar surface area (TPSA) is 27.1 Å². The molecular formula is C23H28N2. The predicted octanol–water partition coefficient (Wildman–Crippen LogP) is 5.62. The zero-order valence-corrected chi connectivity index (χ0v) is 15.9. The SMILES string of the molecule is CC1=Cc2ccccc2C1CC(C)(C)c1ccc(N(C)C)cc1C=N. The number of nitrogens with one attached hydrogen (secondary N) is 1. The summed E-state index contributed by atoms with van der Waals surface area (Å²) in [5.74, 6) is 0.457. The van der Waals surface area contributed by atoms with Crippen molar-refractivity contribution < 1.29 is 0 Å². The highest BCUT2D eigenvalue weighted by molar-refractivity contribution is 5.82. The van der Waals surface area contributed by atoms with Crippen LogP contribution in [0.2, 0.25) is 0 Å². The lowest BCUT2D eigenvalue weighted by Crippen LogP contribution is -2.23. The summed E-state index contributed by atoms with van der Waals surface area (Å²) in [7, 11) is 4.08. The molecule has 1 aliphatic rings. The largest absolute Gasteiger partial charge is 0.378 e. The van der Waals surface area contributed by atoms with Gasteiger partial charge in [0.2, 0.25) is 0 Å². The first-order valence-corrected chi connectivity index (χ1v) is 8.93. The van der Waals surface area contributed by atoms with Crippen molar-refractivity contribution in [3.05, 3.63) is 70.3 Å². The van der Waals surface area contributed by atoms with Crippen LogP contribution >= 0.6 is 0 Å². The average Bonchev–Trinajstić information content (AvgIpc) is 2.89. The van der Waals surface area contributed by atoms with E-state index < -0.39 is 0 Å². The summed E-state index contributed by atoms with van der Waals surface area (Å²) in [5.41, 5.74) is 7.64. The molecule has 1 atom stereocenters. The third-order valence-electron chi connectivity index (χ3n) is 5.45. The molecule has 3 rings (SSSR count). The fraction of sp³-hybridized carbons (Fsp3) is 0.348. The standard InChI is InChI=1S/C23H28N2/c1-16-12-17-8-6-7-9-20(17)21(16)14-23(2,3)22-11-10-19(25(4)5)13-18(22)15-24/h6-13,15,21,24H,14H2,1-5H3. The van der Waals surface area contributed by atoms with Crippen molar-refractivity contribution >= 4 is 18.0 Å². The molecule has 2 heteroatoms. The van der Waals surface area contributed by atoms with E-state index in [9.17, 15) is 0 Å². The van der Waals surface area contributed by atoms with Crippen molar-refractivity contribution in [1.82, 2.24) is 0 Å². The second-order valence-corrected chi connectivity index (χ2v) is 7.97. The molecule has 0 heterocycles. The Kier molecular flexibility index (Phi) is 4.55. The molecule has 0 saturated carbocycles. The molecule has 2 aromatic carbocycles. The first-order chi connectivity index (χ1) is 11.8. The van der Waals surface area contributed by atoms with Crippen LogP contribution in [0.25, 0.3) is 6.08 Å². The summed E-state index contributed by atoms with van der Waals surface area (Å²) >= 11 is 0. The monoisotopic (exact) mass is 332 g/mol. The van der Waals surface area contributed by atoms with Gasteiger partial charge in [-0.2, -0.15) is 0 Å². The van der Waals surface area contributed by atoms with Gasteiger partial charge >= 0.3 is 0 Å². The van der Waals surface area contributed by atoms with Crippen LogP contribution in [0, 0.1) is 5.41 Å². The van der Waals surface area contributed by atoms with Crippen molar-refractivity contribution in [3.8, 4) is 0 Å². The molecule has 130 valence electrons. The highest BCUT2D eigenvalue weighted by Crippen LogP contribution is 2.44. The quantitative estimate of drug-likeness (QED) is 0.707. The number of hydrogen-bond donors (Lipinski definition) is 1. The minimum Gasteiger partial charge on any atom is -0.378 e. The number of rotatable bonds is 5. The van der Waals surface area contributed by atoms with E-state index >= 15 is 0 Å². The Hall–Kier alpha value is -2.35. The lowest BCUT2D eigenvalue weighted by molar-refractivity contribution is 0.450. The van der Waals surface area contributed by atoms with E-state index in [-0.39, 0.29) is 5.41 Å². The van der Waals surface area contributed by atoms with Crippen molar-refractivity contribution in [2.75, 3.05) is 19.0 Å². The van der Waals surface area contributed by atoms with Gasteiger partial charge in [0.05, 0.1) is 0 Å². The van der Waals surface area contributed by atoms with Crippen LogP contribution in [0.5, 0.6) is 0 Å². The minimum atomic E-state index is -0.00502. The summed E-state index contributed by atoms with van der Waals surface area (Å²) in [6, 6.07) is 15.2. The fourth-order valence-corrected chi connectivity index (χ4v) is 4.01. The summed E-state index contributed by atoms with van der Waals surface area (Å²) in [6.07, 6.45) is 4.87. The van der Waals surface area contributed by atoms with Gasteiger partial charge in [0.1, 0.15) is 0 Å². The average molecular weight is 332 g/mol. The van der Waals surface area contributed by atoms with Crippen molar-refractivity contribution in [1.29, 1.82) is 5.41 Å². The van der Waals surface area contributed by atoms with E-state index in [2.05, 4.69) is 74.2 Å². The van der Waals surface area contributed by atoms with Crippen molar-refractivity contribution in [3.63, 3.8) is 0 Å². The Bertz CT molecular complexity index is 828. The lowest BCUT2D eigenvalue weighted by atomic mass is 9.73. The Morgan fingerprint density at radius 2 is 1.84 bits per heavy atom. The van der Waals surface area contributed by atoms with Crippen LogP contribution in [0.4, 0.5) is 5.69 Å². The molecule has 2 nitrogen and oxygen atoms in total. The number of anilines is 1. The van der Waals surface area contributed by atoms with Crippen LogP contribution < -0.4 is 4.90 Å². The van der Waals surface area contributed by atoms with Gasteiger partial charge in [-0.15, -0.1) is 0 Å². The van der Waals surface area contributed by atoms with E-state index in [1.54, 1.807) is 0 Å².